The van der Waals surface area contributed by atoms with Gasteiger partial charge in [0.1, 0.15) is 11.3 Å². The molecule has 0 aliphatic rings. The van der Waals surface area contributed by atoms with E-state index >= 15 is 0 Å². The van der Waals surface area contributed by atoms with Crippen LogP contribution in [-0.4, -0.2) is 28.2 Å². The zero-order valence-electron chi connectivity index (χ0n) is 18.4. The number of carbonyl (C=O) groups is 2. The van der Waals surface area contributed by atoms with Crippen molar-refractivity contribution < 1.29 is 19.4 Å². The van der Waals surface area contributed by atoms with E-state index in [9.17, 15) is 19.5 Å². The number of fused-ring (bicyclic) bond motifs is 1. The van der Waals surface area contributed by atoms with Crippen LogP contribution in [-0.2, 0) is 11.3 Å². The molecule has 7 heteroatoms. The molecule has 0 aliphatic carbocycles. The smallest absolute Gasteiger partial charge is 0.338 e. The Morgan fingerprint density at radius 2 is 1.69 bits per heavy atom. The van der Waals surface area contributed by atoms with Gasteiger partial charge in [0.2, 0.25) is 0 Å². The number of ether oxygens (including phenoxy) is 1. The third kappa shape index (κ3) is 4.99. The number of rotatable bonds is 9. The van der Waals surface area contributed by atoms with Gasteiger partial charge in [-0.1, -0.05) is 38.8 Å². The fraction of sp³-hybridized carbons (Fsp3) is 0.320. The Bertz CT molecular complexity index is 1170. The molecule has 0 unspecified atom stereocenters. The van der Waals surface area contributed by atoms with Crippen molar-refractivity contribution in [3.63, 3.8) is 0 Å². The van der Waals surface area contributed by atoms with E-state index < -0.39 is 17.4 Å². The summed E-state index contributed by atoms with van der Waals surface area (Å²) in [5, 5.41) is 13.8. The predicted octanol–water partition coefficient (Wildman–Crippen LogP) is 4.72. The van der Waals surface area contributed by atoms with Gasteiger partial charge < -0.3 is 19.7 Å². The number of esters is 1. The van der Waals surface area contributed by atoms with E-state index in [-0.39, 0.29) is 11.3 Å². The third-order valence-electron chi connectivity index (χ3n) is 5.22. The van der Waals surface area contributed by atoms with Crippen LogP contribution in [0.4, 0.5) is 5.69 Å². The molecular weight excluding hydrogens is 408 g/mol. The van der Waals surface area contributed by atoms with Crippen molar-refractivity contribution in [1.82, 2.24) is 4.57 Å². The lowest BCUT2D eigenvalue weighted by atomic mass is 10.1. The Kier molecular flexibility index (Phi) is 7.65. The van der Waals surface area contributed by atoms with E-state index in [0.717, 1.165) is 25.7 Å². The van der Waals surface area contributed by atoms with Crippen molar-refractivity contribution in [2.75, 3.05) is 11.9 Å². The Morgan fingerprint density at radius 3 is 2.38 bits per heavy atom. The molecule has 2 N–H and O–H groups in total. The molecule has 1 aromatic heterocycles. The zero-order valence-corrected chi connectivity index (χ0v) is 18.4. The maximum absolute atomic E-state index is 13.1. The van der Waals surface area contributed by atoms with Crippen molar-refractivity contribution in [2.24, 2.45) is 0 Å². The van der Waals surface area contributed by atoms with Gasteiger partial charge in [-0.3, -0.25) is 9.59 Å². The second kappa shape index (κ2) is 10.6. The van der Waals surface area contributed by atoms with Crippen molar-refractivity contribution in [1.29, 1.82) is 0 Å². The molecule has 1 heterocycles. The van der Waals surface area contributed by atoms with E-state index in [1.807, 2.05) is 13.8 Å². The van der Waals surface area contributed by atoms with Gasteiger partial charge in [-0.15, -0.1) is 0 Å². The van der Waals surface area contributed by atoms with E-state index in [1.165, 1.54) is 4.57 Å². The number of aromatic hydroxyl groups is 1. The number of unbranched alkanes of at least 4 members (excludes halogenated alkanes) is 2. The van der Waals surface area contributed by atoms with Crippen LogP contribution in [0.3, 0.4) is 0 Å². The van der Waals surface area contributed by atoms with Gasteiger partial charge >= 0.3 is 5.97 Å². The maximum Gasteiger partial charge on any atom is 0.338 e. The number of para-hydroxylation sites is 1. The molecule has 0 bridgehead atoms. The molecule has 1 amide bonds. The normalized spacial score (nSPS) is 10.8. The fourth-order valence-corrected chi connectivity index (χ4v) is 3.41. The molecule has 0 saturated carbocycles. The summed E-state index contributed by atoms with van der Waals surface area (Å²) < 4.78 is 6.70. The predicted molar refractivity (Wildman–Crippen MR) is 124 cm³/mol. The number of amides is 1. The zero-order chi connectivity index (χ0) is 23.1. The van der Waals surface area contributed by atoms with E-state index in [2.05, 4.69) is 5.32 Å². The largest absolute Gasteiger partial charge is 0.506 e. The molecule has 32 heavy (non-hydrogen) atoms. The first-order valence-corrected chi connectivity index (χ1v) is 10.9. The number of anilines is 1. The van der Waals surface area contributed by atoms with Crippen LogP contribution in [0.1, 0.15) is 60.2 Å². The summed E-state index contributed by atoms with van der Waals surface area (Å²) in [6.07, 6.45) is 3.38. The van der Waals surface area contributed by atoms with Crippen LogP contribution in [0.15, 0.2) is 53.3 Å². The lowest BCUT2D eigenvalue weighted by Crippen LogP contribution is -2.30. The second-order valence-corrected chi connectivity index (χ2v) is 7.57. The molecule has 0 saturated heterocycles. The first-order valence-electron chi connectivity index (χ1n) is 10.9. The summed E-state index contributed by atoms with van der Waals surface area (Å²) in [5.74, 6) is -1.48. The summed E-state index contributed by atoms with van der Waals surface area (Å²) >= 11 is 0. The number of hydrogen-bond acceptors (Lipinski definition) is 5. The highest BCUT2D eigenvalue weighted by molar-refractivity contribution is 6.09. The van der Waals surface area contributed by atoms with Crippen molar-refractivity contribution in [3.05, 3.63) is 70.0 Å². The average molecular weight is 437 g/mol. The first-order chi connectivity index (χ1) is 15.5. The Morgan fingerprint density at radius 1 is 1.00 bits per heavy atom. The minimum absolute atomic E-state index is 0.303. The number of nitrogens with one attached hydrogen (secondary N) is 1. The van der Waals surface area contributed by atoms with Gasteiger partial charge in [-0.25, -0.2) is 4.79 Å². The summed E-state index contributed by atoms with van der Waals surface area (Å²) in [4.78, 5) is 38.1. The maximum atomic E-state index is 13.1. The number of aromatic nitrogens is 1. The Hall–Kier alpha value is -3.61. The number of aryl methyl sites for hydroxylation is 1. The molecule has 0 aliphatic heterocycles. The van der Waals surface area contributed by atoms with E-state index in [4.69, 9.17) is 4.74 Å². The monoisotopic (exact) mass is 436 g/mol. The van der Waals surface area contributed by atoms with Gasteiger partial charge in [-0.05, 0) is 49.2 Å². The lowest BCUT2D eigenvalue weighted by Gasteiger charge is -2.15. The van der Waals surface area contributed by atoms with Crippen LogP contribution in [0.25, 0.3) is 10.9 Å². The molecule has 0 radical (unpaired) electrons. The summed E-state index contributed by atoms with van der Waals surface area (Å²) in [6, 6.07) is 13.2. The van der Waals surface area contributed by atoms with Gasteiger partial charge in [-0.2, -0.15) is 0 Å². The minimum atomic E-state index is -0.707. The van der Waals surface area contributed by atoms with E-state index in [1.54, 1.807) is 48.5 Å². The SMILES string of the molecule is CCCCOC(=O)c1ccc(NC(=O)c2c(O)c3ccccc3n(CCCC)c2=O)cc1. The number of hydrogen-bond donors (Lipinski definition) is 2. The topological polar surface area (TPSA) is 97.6 Å². The van der Waals surface area contributed by atoms with Crippen LogP contribution < -0.4 is 10.9 Å². The molecule has 168 valence electrons. The second-order valence-electron chi connectivity index (χ2n) is 7.57. The lowest BCUT2D eigenvalue weighted by molar-refractivity contribution is 0.0499. The van der Waals surface area contributed by atoms with Crippen LogP contribution in [0.5, 0.6) is 5.75 Å². The van der Waals surface area contributed by atoms with Crippen LogP contribution >= 0.6 is 0 Å². The van der Waals surface area contributed by atoms with Crippen molar-refractivity contribution >= 4 is 28.5 Å². The molecule has 3 aromatic rings. The molecular formula is C25H28N2O5. The summed E-state index contributed by atoms with van der Waals surface area (Å²) in [7, 11) is 0. The number of nitrogens with zero attached hydrogens (tertiary/aromatic N) is 1. The third-order valence-corrected chi connectivity index (χ3v) is 5.22. The highest BCUT2D eigenvalue weighted by atomic mass is 16.5. The van der Waals surface area contributed by atoms with E-state index in [0.29, 0.717) is 35.3 Å². The van der Waals surface area contributed by atoms with Crippen molar-refractivity contribution in [3.8, 4) is 5.75 Å². The summed E-state index contributed by atoms with van der Waals surface area (Å²) in [6.45, 7) is 4.84. The van der Waals surface area contributed by atoms with Crippen LogP contribution in [0, 0.1) is 0 Å². The number of carbonyl (C=O) groups excluding carboxylic acids is 2. The van der Waals surface area contributed by atoms with Gasteiger partial charge in [0.05, 0.1) is 17.7 Å². The summed E-state index contributed by atoms with van der Waals surface area (Å²) in [5.41, 5.74) is 0.513. The molecule has 0 spiro atoms. The quantitative estimate of drug-likeness (QED) is 0.374. The number of benzene rings is 2. The Balaban J connectivity index is 1.87. The number of pyridine rings is 1. The van der Waals surface area contributed by atoms with Gasteiger partial charge in [0.15, 0.2) is 0 Å². The first kappa shape index (κ1) is 23.1. The van der Waals surface area contributed by atoms with Gasteiger partial charge in [0.25, 0.3) is 11.5 Å². The standard InChI is InChI=1S/C25H28N2O5/c1-3-5-15-27-20-10-8-7-9-19(20)22(28)21(24(27)30)23(29)26-18-13-11-17(12-14-18)25(31)32-16-6-4-2/h7-14,28H,3-6,15-16H2,1-2H3,(H,26,29). The average Bonchev–Trinajstić information content (AvgIpc) is 2.79. The fourth-order valence-electron chi connectivity index (χ4n) is 3.41. The molecule has 0 fully saturated rings. The van der Waals surface area contributed by atoms with Crippen molar-refractivity contribution in [2.45, 2.75) is 46.1 Å². The molecule has 0 atom stereocenters. The Labute approximate surface area is 186 Å². The molecule has 2 aromatic carbocycles. The van der Waals surface area contributed by atoms with Gasteiger partial charge in [0, 0.05) is 17.6 Å². The molecule has 7 nitrogen and oxygen atoms in total. The van der Waals surface area contributed by atoms with Crippen LogP contribution in [0.2, 0.25) is 0 Å². The highest BCUT2D eigenvalue weighted by Crippen LogP contribution is 2.27. The highest BCUT2D eigenvalue weighted by Gasteiger charge is 2.22. The minimum Gasteiger partial charge on any atom is -0.506 e. The molecule has 3 rings (SSSR count).